The van der Waals surface area contributed by atoms with Gasteiger partial charge in [-0.25, -0.2) is 4.39 Å². The van der Waals surface area contributed by atoms with Gasteiger partial charge in [0.25, 0.3) is 0 Å². The highest BCUT2D eigenvalue weighted by Crippen LogP contribution is 2.42. The number of azide groups is 1. The Morgan fingerprint density at radius 1 is 1.29 bits per heavy atom. The van der Waals surface area contributed by atoms with Gasteiger partial charge in [0.1, 0.15) is 12.2 Å². The van der Waals surface area contributed by atoms with Crippen LogP contribution in [0.25, 0.3) is 10.4 Å². The van der Waals surface area contributed by atoms with Crippen LogP contribution in [0.1, 0.15) is 26.7 Å². The highest BCUT2D eigenvalue weighted by Gasteiger charge is 2.57. The van der Waals surface area contributed by atoms with Crippen molar-refractivity contribution in [3.8, 4) is 0 Å². The van der Waals surface area contributed by atoms with E-state index in [0.29, 0.717) is 12.8 Å². The molecule has 2 rings (SSSR count). The molecule has 0 saturated carbocycles. The molecule has 7 heteroatoms. The van der Waals surface area contributed by atoms with Crippen LogP contribution >= 0.6 is 0 Å². The number of hydrogen-bond donors (Lipinski definition) is 0. The molecule has 2 saturated heterocycles. The SMILES string of the molecule is CCC1(CC)O[C@@H]2[C@H](O1)[C@@H](CN=[N+]=[N-])O[C@H]2F. The zero-order chi connectivity index (χ0) is 12.5. The van der Waals surface area contributed by atoms with E-state index in [2.05, 4.69) is 10.0 Å². The molecule has 2 aliphatic heterocycles. The van der Waals surface area contributed by atoms with Crippen LogP contribution in [0.4, 0.5) is 4.39 Å². The molecule has 0 aromatic rings. The van der Waals surface area contributed by atoms with Crippen LogP contribution in [-0.4, -0.2) is 37.0 Å². The van der Waals surface area contributed by atoms with Crippen LogP contribution in [0.3, 0.4) is 0 Å². The Bertz CT molecular complexity index is 331. The van der Waals surface area contributed by atoms with Gasteiger partial charge < -0.3 is 14.2 Å². The van der Waals surface area contributed by atoms with Crippen LogP contribution in [0.2, 0.25) is 0 Å². The third-order valence-electron chi connectivity index (χ3n) is 3.36. The normalized spacial score (nSPS) is 38.8. The fourth-order valence-corrected chi connectivity index (χ4v) is 2.32. The summed E-state index contributed by atoms with van der Waals surface area (Å²) in [5.41, 5.74) is 8.26. The Kier molecular flexibility index (Phi) is 3.53. The summed E-state index contributed by atoms with van der Waals surface area (Å²) in [5, 5.41) is 3.40. The minimum atomic E-state index is -1.51. The van der Waals surface area contributed by atoms with Crippen molar-refractivity contribution in [2.75, 3.05) is 6.54 Å². The highest BCUT2D eigenvalue weighted by atomic mass is 19.1. The monoisotopic (exact) mass is 245 g/mol. The van der Waals surface area contributed by atoms with Gasteiger partial charge in [0.15, 0.2) is 5.79 Å². The summed E-state index contributed by atoms with van der Waals surface area (Å²) < 4.78 is 30.1. The number of alkyl halides is 1. The Labute approximate surface area is 98.7 Å². The van der Waals surface area contributed by atoms with E-state index in [4.69, 9.17) is 19.7 Å². The summed E-state index contributed by atoms with van der Waals surface area (Å²) in [6.07, 6.45) is -1.98. The van der Waals surface area contributed by atoms with Gasteiger partial charge in [0, 0.05) is 4.91 Å². The van der Waals surface area contributed by atoms with Gasteiger partial charge in [0.2, 0.25) is 6.36 Å². The maximum atomic E-state index is 13.6. The second-order valence-electron chi connectivity index (χ2n) is 4.22. The lowest BCUT2D eigenvalue weighted by atomic mass is 10.1. The summed E-state index contributed by atoms with van der Waals surface area (Å²) in [6, 6.07) is 0. The number of halogens is 1. The van der Waals surface area contributed by atoms with E-state index >= 15 is 0 Å². The van der Waals surface area contributed by atoms with Crippen molar-refractivity contribution in [1.29, 1.82) is 0 Å². The first kappa shape index (κ1) is 12.6. The van der Waals surface area contributed by atoms with Crippen molar-refractivity contribution in [3.05, 3.63) is 10.4 Å². The molecule has 2 fully saturated rings. The molecule has 0 N–H and O–H groups in total. The van der Waals surface area contributed by atoms with Gasteiger partial charge in [0.05, 0.1) is 12.6 Å². The summed E-state index contributed by atoms with van der Waals surface area (Å²) in [4.78, 5) is 2.64. The lowest BCUT2D eigenvalue weighted by Crippen LogP contribution is -2.34. The van der Waals surface area contributed by atoms with Gasteiger partial charge in [-0.15, -0.1) is 0 Å². The second kappa shape index (κ2) is 4.78. The average Bonchev–Trinajstić information content (AvgIpc) is 2.85. The molecule has 96 valence electrons. The third kappa shape index (κ3) is 2.11. The summed E-state index contributed by atoms with van der Waals surface area (Å²) in [7, 11) is 0. The van der Waals surface area contributed by atoms with Gasteiger partial charge in [-0.1, -0.05) is 19.0 Å². The quantitative estimate of drug-likeness (QED) is 0.433. The van der Waals surface area contributed by atoms with E-state index < -0.39 is 30.5 Å². The van der Waals surface area contributed by atoms with E-state index in [1.165, 1.54) is 0 Å². The number of rotatable bonds is 4. The Hall–Kier alpha value is -0.880. The van der Waals surface area contributed by atoms with Crippen LogP contribution in [0, 0.1) is 0 Å². The Balaban J connectivity index is 2.11. The smallest absolute Gasteiger partial charge is 0.228 e. The molecule has 0 aromatic carbocycles. The minimum Gasteiger partial charge on any atom is -0.341 e. The number of fused-ring (bicyclic) bond motifs is 1. The lowest BCUT2D eigenvalue weighted by Gasteiger charge is -2.27. The summed E-state index contributed by atoms with van der Waals surface area (Å²) in [5.74, 6) is -0.724. The van der Waals surface area contributed by atoms with Crippen LogP contribution in [0.5, 0.6) is 0 Å². The van der Waals surface area contributed by atoms with Gasteiger partial charge in [-0.3, -0.25) is 0 Å². The molecule has 17 heavy (non-hydrogen) atoms. The van der Waals surface area contributed by atoms with E-state index in [9.17, 15) is 4.39 Å². The maximum absolute atomic E-state index is 13.6. The molecule has 0 unspecified atom stereocenters. The minimum absolute atomic E-state index is 0.0605. The first-order chi connectivity index (χ1) is 8.15. The highest BCUT2D eigenvalue weighted by molar-refractivity contribution is 4.97. The molecule has 4 atom stereocenters. The number of nitrogens with zero attached hydrogens (tertiary/aromatic N) is 3. The second-order valence-corrected chi connectivity index (χ2v) is 4.22. The Morgan fingerprint density at radius 2 is 1.94 bits per heavy atom. The van der Waals surface area contributed by atoms with E-state index in [0.717, 1.165) is 0 Å². The molecule has 0 radical (unpaired) electrons. The first-order valence-electron chi connectivity index (χ1n) is 5.82. The zero-order valence-corrected chi connectivity index (χ0v) is 9.88. The van der Waals surface area contributed by atoms with Gasteiger partial charge in [-0.2, -0.15) is 0 Å². The van der Waals surface area contributed by atoms with E-state index in [1.54, 1.807) is 0 Å². The summed E-state index contributed by atoms with van der Waals surface area (Å²) >= 11 is 0. The molecule has 0 aromatic heterocycles. The van der Waals surface area contributed by atoms with Gasteiger partial charge in [-0.05, 0) is 18.4 Å². The molecule has 0 spiro atoms. The van der Waals surface area contributed by atoms with Crippen molar-refractivity contribution in [3.63, 3.8) is 0 Å². The summed E-state index contributed by atoms with van der Waals surface area (Å²) in [6.45, 7) is 3.92. The number of hydrogen-bond acceptors (Lipinski definition) is 4. The maximum Gasteiger partial charge on any atom is 0.228 e. The molecule has 0 aliphatic carbocycles. The third-order valence-corrected chi connectivity index (χ3v) is 3.36. The lowest BCUT2D eigenvalue weighted by molar-refractivity contribution is -0.224. The molecule has 2 aliphatic rings. The Morgan fingerprint density at radius 3 is 2.53 bits per heavy atom. The fourth-order valence-electron chi connectivity index (χ4n) is 2.32. The molecular weight excluding hydrogens is 229 g/mol. The standard InChI is InChI=1S/C10H16FN3O3/c1-3-10(4-2)16-7-6(5-13-14-12)15-9(11)8(7)17-10/h6-9H,3-5H2,1-2H3/t6-,7-,8-,9-/m1/s1. The largest absolute Gasteiger partial charge is 0.341 e. The van der Waals surface area contributed by atoms with Crippen molar-refractivity contribution < 1.29 is 18.6 Å². The van der Waals surface area contributed by atoms with E-state index in [-0.39, 0.29) is 6.54 Å². The molecule has 6 nitrogen and oxygen atoms in total. The van der Waals surface area contributed by atoms with Crippen molar-refractivity contribution in [2.45, 2.75) is 57.1 Å². The van der Waals surface area contributed by atoms with Crippen LogP contribution in [-0.2, 0) is 14.2 Å². The predicted octanol–water partition coefficient (Wildman–Crippen LogP) is 2.29. The fraction of sp³-hybridized carbons (Fsp3) is 1.00. The van der Waals surface area contributed by atoms with Crippen molar-refractivity contribution >= 4 is 0 Å². The van der Waals surface area contributed by atoms with Gasteiger partial charge >= 0.3 is 0 Å². The average molecular weight is 245 g/mol. The first-order valence-corrected chi connectivity index (χ1v) is 5.82. The molecular formula is C10H16FN3O3. The van der Waals surface area contributed by atoms with Crippen molar-refractivity contribution in [1.82, 2.24) is 0 Å². The van der Waals surface area contributed by atoms with Crippen molar-refractivity contribution in [2.24, 2.45) is 5.11 Å². The topological polar surface area (TPSA) is 76.5 Å². The molecule has 2 heterocycles. The zero-order valence-electron chi connectivity index (χ0n) is 9.88. The van der Waals surface area contributed by atoms with E-state index in [1.807, 2.05) is 13.8 Å². The number of ether oxygens (including phenoxy) is 3. The predicted molar refractivity (Wildman–Crippen MR) is 56.8 cm³/mol. The molecule has 0 bridgehead atoms. The van der Waals surface area contributed by atoms with Crippen LogP contribution < -0.4 is 0 Å². The van der Waals surface area contributed by atoms with Crippen LogP contribution in [0.15, 0.2) is 5.11 Å². The molecule has 0 amide bonds.